The van der Waals surface area contributed by atoms with Gasteiger partial charge in [-0.1, -0.05) is 37.6 Å². The van der Waals surface area contributed by atoms with Gasteiger partial charge in [-0.25, -0.2) is 9.97 Å². The predicted molar refractivity (Wildman–Crippen MR) is 81.8 cm³/mol. The number of hydrogen-bond donors (Lipinski definition) is 1. The van der Waals surface area contributed by atoms with Crippen molar-refractivity contribution in [2.75, 3.05) is 5.32 Å². The monoisotopic (exact) mass is 267 g/mol. The lowest BCUT2D eigenvalue weighted by atomic mass is 9.88. The van der Waals surface area contributed by atoms with Crippen molar-refractivity contribution in [3.05, 3.63) is 53.5 Å². The zero-order valence-corrected chi connectivity index (χ0v) is 12.0. The maximum absolute atomic E-state index is 4.37. The van der Waals surface area contributed by atoms with Crippen molar-refractivity contribution >= 4 is 5.82 Å². The quantitative estimate of drug-likeness (QED) is 0.912. The van der Waals surface area contributed by atoms with E-state index in [1.54, 1.807) is 6.33 Å². The van der Waals surface area contributed by atoms with Crippen LogP contribution in [-0.2, 0) is 12.8 Å². The summed E-state index contributed by atoms with van der Waals surface area (Å²) in [6.45, 7) is 2.17. The molecule has 0 aliphatic heterocycles. The molecule has 0 fully saturated rings. The molecule has 1 N–H and O–H groups in total. The summed E-state index contributed by atoms with van der Waals surface area (Å²) in [7, 11) is 0. The number of fused-ring (bicyclic) bond motifs is 1. The number of benzene rings is 1. The van der Waals surface area contributed by atoms with Crippen LogP contribution in [-0.4, -0.2) is 9.97 Å². The summed E-state index contributed by atoms with van der Waals surface area (Å²) in [6, 6.07) is 11.2. The SMILES string of the molecule is CCCc1cc(NC2CCCc3ccccc32)ncn1. The Bertz CT molecular complexity index is 580. The molecular weight excluding hydrogens is 246 g/mol. The summed E-state index contributed by atoms with van der Waals surface area (Å²) in [4.78, 5) is 8.68. The van der Waals surface area contributed by atoms with Gasteiger partial charge >= 0.3 is 0 Å². The average molecular weight is 267 g/mol. The van der Waals surface area contributed by atoms with Gasteiger partial charge in [-0.2, -0.15) is 0 Å². The molecule has 1 heterocycles. The molecule has 0 radical (unpaired) electrons. The molecule has 0 bridgehead atoms. The molecule has 1 aromatic carbocycles. The van der Waals surface area contributed by atoms with Crippen LogP contribution in [0.4, 0.5) is 5.82 Å². The second-order valence-electron chi connectivity index (χ2n) is 5.43. The lowest BCUT2D eigenvalue weighted by molar-refractivity contribution is 0.598. The Morgan fingerprint density at radius 2 is 2.15 bits per heavy atom. The molecule has 1 atom stereocenters. The first-order valence-corrected chi connectivity index (χ1v) is 7.52. The molecule has 1 aliphatic rings. The minimum atomic E-state index is 0.379. The van der Waals surface area contributed by atoms with Crippen LogP contribution in [0.25, 0.3) is 0 Å². The highest BCUT2D eigenvalue weighted by Gasteiger charge is 2.19. The Morgan fingerprint density at radius 1 is 1.25 bits per heavy atom. The van der Waals surface area contributed by atoms with E-state index in [9.17, 15) is 0 Å². The van der Waals surface area contributed by atoms with Gasteiger partial charge in [0, 0.05) is 11.8 Å². The van der Waals surface area contributed by atoms with Crippen molar-refractivity contribution in [3.8, 4) is 0 Å². The first-order valence-electron chi connectivity index (χ1n) is 7.52. The molecule has 3 heteroatoms. The summed E-state index contributed by atoms with van der Waals surface area (Å²) in [5.74, 6) is 0.949. The van der Waals surface area contributed by atoms with E-state index in [-0.39, 0.29) is 0 Å². The maximum atomic E-state index is 4.37. The number of nitrogens with zero attached hydrogens (tertiary/aromatic N) is 2. The van der Waals surface area contributed by atoms with Crippen molar-refractivity contribution in [2.45, 2.75) is 45.1 Å². The standard InChI is InChI=1S/C17H21N3/c1-2-6-14-11-17(19-12-18-14)20-16-10-5-8-13-7-3-4-9-15(13)16/h3-4,7,9,11-12,16H,2,5-6,8,10H2,1H3,(H,18,19,20). The van der Waals surface area contributed by atoms with Crippen LogP contribution < -0.4 is 5.32 Å². The third-order valence-corrected chi connectivity index (χ3v) is 3.92. The van der Waals surface area contributed by atoms with Crippen molar-refractivity contribution in [1.29, 1.82) is 0 Å². The molecule has 1 unspecified atom stereocenters. The van der Waals surface area contributed by atoms with Gasteiger partial charge in [0.15, 0.2) is 0 Å². The largest absolute Gasteiger partial charge is 0.363 e. The highest BCUT2D eigenvalue weighted by molar-refractivity contribution is 5.42. The molecule has 0 saturated carbocycles. The van der Waals surface area contributed by atoms with Gasteiger partial charge in [-0.05, 0) is 36.8 Å². The molecule has 0 spiro atoms. The molecule has 2 aromatic rings. The number of aryl methyl sites for hydroxylation is 2. The van der Waals surface area contributed by atoms with Crippen LogP contribution in [0, 0.1) is 0 Å². The van der Waals surface area contributed by atoms with Gasteiger partial charge in [0.2, 0.25) is 0 Å². The van der Waals surface area contributed by atoms with Gasteiger partial charge in [0.05, 0.1) is 6.04 Å². The molecule has 0 saturated heterocycles. The van der Waals surface area contributed by atoms with Crippen LogP contribution in [0.3, 0.4) is 0 Å². The van der Waals surface area contributed by atoms with Gasteiger partial charge in [0.1, 0.15) is 12.1 Å². The third-order valence-electron chi connectivity index (χ3n) is 3.92. The van der Waals surface area contributed by atoms with E-state index >= 15 is 0 Å². The van der Waals surface area contributed by atoms with E-state index in [2.05, 4.69) is 52.5 Å². The van der Waals surface area contributed by atoms with Crippen molar-refractivity contribution < 1.29 is 0 Å². The number of hydrogen-bond acceptors (Lipinski definition) is 3. The number of aromatic nitrogens is 2. The minimum absolute atomic E-state index is 0.379. The summed E-state index contributed by atoms with van der Waals surface area (Å²) < 4.78 is 0. The van der Waals surface area contributed by atoms with Crippen LogP contribution in [0.5, 0.6) is 0 Å². The molecule has 104 valence electrons. The Kier molecular flexibility index (Phi) is 3.95. The van der Waals surface area contributed by atoms with Gasteiger partial charge in [-0.3, -0.25) is 0 Å². The lowest BCUT2D eigenvalue weighted by Gasteiger charge is -2.26. The zero-order valence-electron chi connectivity index (χ0n) is 12.0. The second-order valence-corrected chi connectivity index (χ2v) is 5.43. The minimum Gasteiger partial charge on any atom is -0.363 e. The molecule has 20 heavy (non-hydrogen) atoms. The number of rotatable bonds is 4. The molecule has 0 amide bonds. The first-order chi connectivity index (χ1) is 9.86. The number of nitrogens with one attached hydrogen (secondary N) is 1. The molecular formula is C17H21N3. The maximum Gasteiger partial charge on any atom is 0.130 e. The van der Waals surface area contributed by atoms with Crippen LogP contribution in [0.1, 0.15) is 49.0 Å². The highest BCUT2D eigenvalue weighted by Crippen LogP contribution is 2.31. The fourth-order valence-electron chi connectivity index (χ4n) is 2.95. The van der Waals surface area contributed by atoms with Crippen molar-refractivity contribution in [2.24, 2.45) is 0 Å². The lowest BCUT2D eigenvalue weighted by Crippen LogP contribution is -2.18. The summed E-state index contributed by atoms with van der Waals surface area (Å²) in [5.41, 5.74) is 4.02. The third kappa shape index (κ3) is 2.82. The Labute approximate surface area is 120 Å². The zero-order chi connectivity index (χ0) is 13.8. The van der Waals surface area contributed by atoms with Crippen LogP contribution in [0.2, 0.25) is 0 Å². The summed E-state index contributed by atoms with van der Waals surface area (Å²) in [5, 5.41) is 3.58. The smallest absolute Gasteiger partial charge is 0.130 e. The van der Waals surface area contributed by atoms with Gasteiger partial charge in [0.25, 0.3) is 0 Å². The second kappa shape index (κ2) is 6.04. The van der Waals surface area contributed by atoms with E-state index in [0.717, 1.165) is 24.4 Å². The average Bonchev–Trinajstić information content (AvgIpc) is 2.48. The normalized spacial score (nSPS) is 17.6. The first kappa shape index (κ1) is 13.1. The fourth-order valence-corrected chi connectivity index (χ4v) is 2.95. The Balaban J connectivity index is 1.80. The summed E-state index contributed by atoms with van der Waals surface area (Å²) >= 11 is 0. The van der Waals surface area contributed by atoms with E-state index < -0.39 is 0 Å². The van der Waals surface area contributed by atoms with E-state index in [1.165, 1.54) is 30.4 Å². The summed E-state index contributed by atoms with van der Waals surface area (Å²) in [6.07, 6.45) is 7.40. The van der Waals surface area contributed by atoms with Crippen molar-refractivity contribution in [3.63, 3.8) is 0 Å². The van der Waals surface area contributed by atoms with Gasteiger partial charge < -0.3 is 5.32 Å². The molecule has 1 aliphatic carbocycles. The van der Waals surface area contributed by atoms with E-state index in [4.69, 9.17) is 0 Å². The van der Waals surface area contributed by atoms with Crippen LogP contribution >= 0.6 is 0 Å². The molecule has 3 nitrogen and oxygen atoms in total. The molecule has 1 aromatic heterocycles. The highest BCUT2D eigenvalue weighted by atomic mass is 15.0. The topological polar surface area (TPSA) is 37.8 Å². The predicted octanol–water partition coefficient (Wildman–Crippen LogP) is 3.92. The van der Waals surface area contributed by atoms with E-state index in [0.29, 0.717) is 6.04 Å². The number of anilines is 1. The van der Waals surface area contributed by atoms with E-state index in [1.807, 2.05) is 0 Å². The fraction of sp³-hybridized carbons (Fsp3) is 0.412. The van der Waals surface area contributed by atoms with Crippen LogP contribution in [0.15, 0.2) is 36.7 Å². The van der Waals surface area contributed by atoms with Crippen molar-refractivity contribution in [1.82, 2.24) is 9.97 Å². The molecule has 3 rings (SSSR count). The van der Waals surface area contributed by atoms with Gasteiger partial charge in [-0.15, -0.1) is 0 Å². The Hall–Kier alpha value is -1.90. The Morgan fingerprint density at radius 3 is 3.05 bits per heavy atom.